The Morgan fingerprint density at radius 2 is 2.00 bits per heavy atom. The van der Waals surface area contributed by atoms with E-state index < -0.39 is 0 Å². The van der Waals surface area contributed by atoms with Crippen molar-refractivity contribution < 1.29 is 4.79 Å². The molecule has 0 spiro atoms. The third-order valence-electron chi connectivity index (χ3n) is 3.75. The summed E-state index contributed by atoms with van der Waals surface area (Å²) in [4.78, 5) is 11.5. The molecular formula is C17H15BrClNO. The van der Waals surface area contributed by atoms with Crippen LogP contribution < -0.4 is 5.32 Å². The Morgan fingerprint density at radius 3 is 2.76 bits per heavy atom. The first-order valence-electron chi connectivity index (χ1n) is 6.87. The third-order valence-corrected chi connectivity index (χ3v) is 5.10. The smallest absolute Gasteiger partial charge is 0.224 e. The first-order valence-corrected chi connectivity index (χ1v) is 8.17. The lowest BCUT2D eigenvalue weighted by molar-refractivity contribution is -0.116. The topological polar surface area (TPSA) is 29.1 Å². The molecule has 1 heterocycles. The van der Waals surface area contributed by atoms with Gasteiger partial charge in [0.05, 0.1) is 4.83 Å². The highest BCUT2D eigenvalue weighted by atomic mass is 79.9. The zero-order chi connectivity index (χ0) is 15.0. The quantitative estimate of drug-likeness (QED) is 0.745. The van der Waals surface area contributed by atoms with Crippen molar-refractivity contribution in [3.05, 3.63) is 63.7 Å². The van der Waals surface area contributed by atoms with Crippen LogP contribution in [0.5, 0.6) is 0 Å². The predicted octanol–water partition coefficient (Wildman–Crippen LogP) is 5.02. The zero-order valence-electron chi connectivity index (χ0n) is 11.6. The fraction of sp³-hybridized carbons (Fsp3) is 0.235. The molecule has 2 aromatic rings. The van der Waals surface area contributed by atoms with Gasteiger partial charge in [0, 0.05) is 17.1 Å². The third kappa shape index (κ3) is 2.99. The summed E-state index contributed by atoms with van der Waals surface area (Å²) >= 11 is 10.1. The fourth-order valence-corrected chi connectivity index (χ4v) is 3.74. The molecule has 0 fully saturated rings. The Morgan fingerprint density at radius 1 is 1.19 bits per heavy atom. The van der Waals surface area contributed by atoms with E-state index in [1.54, 1.807) is 0 Å². The molecule has 2 aromatic carbocycles. The molecule has 0 aromatic heterocycles. The van der Waals surface area contributed by atoms with Crippen molar-refractivity contribution in [3.8, 4) is 0 Å². The van der Waals surface area contributed by atoms with Gasteiger partial charge < -0.3 is 5.32 Å². The minimum absolute atomic E-state index is 0.0496. The zero-order valence-corrected chi connectivity index (χ0v) is 14.0. The van der Waals surface area contributed by atoms with Crippen molar-refractivity contribution >= 4 is 39.1 Å². The predicted molar refractivity (Wildman–Crippen MR) is 90.4 cm³/mol. The van der Waals surface area contributed by atoms with Gasteiger partial charge in [-0.25, -0.2) is 0 Å². The van der Waals surface area contributed by atoms with Crippen molar-refractivity contribution in [3.63, 3.8) is 0 Å². The molecule has 0 aliphatic carbocycles. The van der Waals surface area contributed by atoms with Crippen LogP contribution in [0.1, 0.15) is 33.5 Å². The Balaban J connectivity index is 1.95. The number of carbonyl (C=O) groups is 1. The van der Waals surface area contributed by atoms with Gasteiger partial charge in [0.25, 0.3) is 0 Å². The molecule has 0 bridgehead atoms. The largest absolute Gasteiger partial charge is 0.326 e. The highest BCUT2D eigenvalue weighted by Gasteiger charge is 2.19. The summed E-state index contributed by atoms with van der Waals surface area (Å²) in [6.45, 7) is 2.03. The molecule has 0 saturated heterocycles. The lowest BCUT2D eigenvalue weighted by Gasteiger charge is -2.20. The second-order valence-electron chi connectivity index (χ2n) is 5.35. The number of halogens is 2. The van der Waals surface area contributed by atoms with Gasteiger partial charge in [-0.15, -0.1) is 0 Å². The molecule has 0 radical (unpaired) electrons. The van der Waals surface area contributed by atoms with E-state index in [4.69, 9.17) is 11.6 Å². The van der Waals surface area contributed by atoms with Crippen LogP contribution in [0, 0.1) is 6.92 Å². The van der Waals surface area contributed by atoms with Crippen molar-refractivity contribution in [2.45, 2.75) is 24.6 Å². The van der Waals surface area contributed by atoms with E-state index in [2.05, 4.69) is 39.4 Å². The average molecular weight is 365 g/mol. The second-order valence-corrected chi connectivity index (χ2v) is 6.68. The number of amides is 1. The fourth-order valence-electron chi connectivity index (χ4n) is 2.58. The van der Waals surface area contributed by atoms with Crippen LogP contribution in [0.3, 0.4) is 0 Å². The van der Waals surface area contributed by atoms with Gasteiger partial charge in [0.2, 0.25) is 5.91 Å². The number of rotatable bonds is 2. The highest BCUT2D eigenvalue weighted by Crippen LogP contribution is 2.37. The molecule has 1 aliphatic rings. The second kappa shape index (κ2) is 5.82. The Kier molecular flexibility index (Phi) is 4.05. The van der Waals surface area contributed by atoms with Gasteiger partial charge in [0.15, 0.2) is 0 Å². The average Bonchev–Trinajstić information content (AvgIpc) is 2.46. The number of anilines is 1. The number of nitrogens with one attached hydrogen (secondary N) is 1. The van der Waals surface area contributed by atoms with Crippen LogP contribution in [0.2, 0.25) is 5.02 Å². The van der Waals surface area contributed by atoms with Gasteiger partial charge in [-0.05, 0) is 47.7 Å². The van der Waals surface area contributed by atoms with Crippen LogP contribution in [0.25, 0.3) is 0 Å². The molecular weight excluding hydrogens is 350 g/mol. The normalized spacial score (nSPS) is 15.3. The number of hydrogen-bond acceptors (Lipinski definition) is 1. The highest BCUT2D eigenvalue weighted by molar-refractivity contribution is 9.09. The van der Waals surface area contributed by atoms with Gasteiger partial charge in [-0.3, -0.25) is 4.79 Å². The number of benzene rings is 2. The van der Waals surface area contributed by atoms with Gasteiger partial charge in [0.1, 0.15) is 0 Å². The number of alkyl halides is 1. The SMILES string of the molecule is Cc1ccc(C(Br)c2ccc3c(c2)CCC(=O)N3)c(Cl)c1. The van der Waals surface area contributed by atoms with Crippen LogP contribution in [-0.4, -0.2) is 5.91 Å². The molecule has 108 valence electrons. The number of aryl methyl sites for hydroxylation is 2. The maximum absolute atomic E-state index is 11.4. The van der Waals surface area contributed by atoms with Crippen molar-refractivity contribution in [1.29, 1.82) is 0 Å². The Hall–Kier alpha value is -1.32. The maximum atomic E-state index is 11.4. The molecule has 1 aliphatic heterocycles. The molecule has 0 saturated carbocycles. The molecule has 2 nitrogen and oxygen atoms in total. The van der Waals surface area contributed by atoms with Crippen LogP contribution >= 0.6 is 27.5 Å². The first kappa shape index (κ1) is 14.6. The van der Waals surface area contributed by atoms with Gasteiger partial charge in [-0.2, -0.15) is 0 Å². The Labute approximate surface area is 137 Å². The van der Waals surface area contributed by atoms with E-state index in [1.807, 2.05) is 25.1 Å². The van der Waals surface area contributed by atoms with E-state index in [9.17, 15) is 4.79 Å². The van der Waals surface area contributed by atoms with E-state index >= 15 is 0 Å². The van der Waals surface area contributed by atoms with E-state index in [0.717, 1.165) is 33.8 Å². The van der Waals surface area contributed by atoms with E-state index in [1.165, 1.54) is 5.56 Å². The molecule has 1 atom stereocenters. The minimum Gasteiger partial charge on any atom is -0.326 e. The van der Waals surface area contributed by atoms with Crippen LogP contribution in [0.4, 0.5) is 5.69 Å². The van der Waals surface area contributed by atoms with Crippen LogP contribution in [-0.2, 0) is 11.2 Å². The molecule has 1 N–H and O–H groups in total. The minimum atomic E-state index is 0.0496. The number of fused-ring (bicyclic) bond motifs is 1. The first-order chi connectivity index (χ1) is 10.0. The van der Waals surface area contributed by atoms with Gasteiger partial charge in [-0.1, -0.05) is 51.8 Å². The molecule has 4 heteroatoms. The van der Waals surface area contributed by atoms with Crippen molar-refractivity contribution in [2.75, 3.05) is 5.32 Å². The summed E-state index contributed by atoms with van der Waals surface area (Å²) in [5.74, 6) is 0.0900. The summed E-state index contributed by atoms with van der Waals surface area (Å²) in [6, 6.07) is 12.2. The Bertz CT molecular complexity index is 714. The monoisotopic (exact) mass is 363 g/mol. The van der Waals surface area contributed by atoms with E-state index in [-0.39, 0.29) is 10.7 Å². The summed E-state index contributed by atoms with van der Waals surface area (Å²) in [6.07, 6.45) is 1.34. The molecule has 1 amide bonds. The van der Waals surface area contributed by atoms with Crippen molar-refractivity contribution in [1.82, 2.24) is 0 Å². The lowest BCUT2D eigenvalue weighted by Crippen LogP contribution is -2.19. The van der Waals surface area contributed by atoms with Crippen molar-refractivity contribution in [2.24, 2.45) is 0 Å². The lowest BCUT2D eigenvalue weighted by atomic mass is 9.97. The summed E-state index contributed by atoms with van der Waals surface area (Å²) in [7, 11) is 0. The molecule has 3 rings (SSSR count). The summed E-state index contributed by atoms with van der Waals surface area (Å²) in [5, 5.41) is 3.67. The number of hydrogen-bond donors (Lipinski definition) is 1. The number of carbonyl (C=O) groups excluding carboxylic acids is 1. The molecule has 21 heavy (non-hydrogen) atoms. The van der Waals surface area contributed by atoms with Crippen LogP contribution in [0.15, 0.2) is 36.4 Å². The standard InChI is InChI=1S/C17H15BrClNO/c1-10-2-5-13(14(19)8-10)17(18)12-3-6-15-11(9-12)4-7-16(21)20-15/h2-3,5-6,8-9,17H,4,7H2,1H3,(H,20,21). The van der Waals surface area contributed by atoms with Gasteiger partial charge >= 0.3 is 0 Å². The summed E-state index contributed by atoms with van der Waals surface area (Å²) < 4.78 is 0. The molecule has 1 unspecified atom stereocenters. The maximum Gasteiger partial charge on any atom is 0.224 e. The summed E-state index contributed by atoms with van der Waals surface area (Å²) in [5.41, 5.74) is 5.46. The van der Waals surface area contributed by atoms with E-state index in [0.29, 0.717) is 6.42 Å².